The van der Waals surface area contributed by atoms with Crippen molar-refractivity contribution < 1.29 is 4.79 Å². The van der Waals surface area contributed by atoms with Crippen LogP contribution in [0.3, 0.4) is 0 Å². The first-order valence-corrected chi connectivity index (χ1v) is 7.02. The van der Waals surface area contributed by atoms with E-state index in [0.29, 0.717) is 13.0 Å². The number of nitrogens with zero attached hydrogens (tertiary/aromatic N) is 4. The van der Waals surface area contributed by atoms with Gasteiger partial charge in [-0.05, 0) is 25.1 Å². The number of aryl methyl sites for hydroxylation is 2. The quantitative estimate of drug-likeness (QED) is 0.798. The fourth-order valence-electron chi connectivity index (χ4n) is 1.91. The van der Waals surface area contributed by atoms with Crippen LogP contribution >= 0.6 is 11.3 Å². The van der Waals surface area contributed by atoms with Gasteiger partial charge in [0.1, 0.15) is 12.7 Å². The molecule has 0 aliphatic carbocycles. The Kier molecular flexibility index (Phi) is 3.42. The standard InChI is InChI=1S/C13H13N5OS/c1-9-16-11-3-2-10(6-12(11)20-9)17-13(19)4-5-18-8-14-7-15-18/h2-3,6-8H,4-5H2,1H3,(H,17,19). The summed E-state index contributed by atoms with van der Waals surface area (Å²) in [6.45, 7) is 2.49. The molecule has 0 unspecified atom stereocenters. The summed E-state index contributed by atoms with van der Waals surface area (Å²) >= 11 is 1.62. The second kappa shape index (κ2) is 5.38. The van der Waals surface area contributed by atoms with Crippen LogP contribution in [0.1, 0.15) is 11.4 Å². The second-order valence-electron chi connectivity index (χ2n) is 4.37. The molecule has 6 nitrogen and oxygen atoms in total. The van der Waals surface area contributed by atoms with Crippen molar-refractivity contribution in [2.45, 2.75) is 19.9 Å². The van der Waals surface area contributed by atoms with E-state index in [9.17, 15) is 4.79 Å². The van der Waals surface area contributed by atoms with Crippen molar-refractivity contribution in [2.24, 2.45) is 0 Å². The Labute approximate surface area is 119 Å². The van der Waals surface area contributed by atoms with Crippen LogP contribution in [0, 0.1) is 6.92 Å². The number of benzene rings is 1. The minimum atomic E-state index is -0.0407. The first-order chi connectivity index (χ1) is 9.70. The van der Waals surface area contributed by atoms with E-state index in [1.165, 1.54) is 6.33 Å². The first kappa shape index (κ1) is 12.7. The Morgan fingerprint density at radius 2 is 2.35 bits per heavy atom. The third kappa shape index (κ3) is 2.83. The molecular weight excluding hydrogens is 274 g/mol. The molecule has 0 saturated heterocycles. The molecule has 0 aliphatic rings. The number of aromatic nitrogens is 4. The van der Waals surface area contributed by atoms with Gasteiger partial charge in [-0.3, -0.25) is 9.48 Å². The van der Waals surface area contributed by atoms with Gasteiger partial charge in [-0.15, -0.1) is 11.3 Å². The van der Waals surface area contributed by atoms with Gasteiger partial charge in [0, 0.05) is 12.1 Å². The van der Waals surface area contributed by atoms with Crippen molar-refractivity contribution >= 4 is 33.1 Å². The lowest BCUT2D eigenvalue weighted by molar-refractivity contribution is -0.116. The number of hydrogen-bond acceptors (Lipinski definition) is 5. The number of hydrogen-bond donors (Lipinski definition) is 1. The van der Waals surface area contributed by atoms with Crippen LogP contribution in [0.5, 0.6) is 0 Å². The van der Waals surface area contributed by atoms with E-state index in [4.69, 9.17) is 0 Å². The summed E-state index contributed by atoms with van der Waals surface area (Å²) in [5.74, 6) is -0.0407. The van der Waals surface area contributed by atoms with Crippen molar-refractivity contribution in [2.75, 3.05) is 5.32 Å². The minimum absolute atomic E-state index is 0.0407. The minimum Gasteiger partial charge on any atom is -0.326 e. The van der Waals surface area contributed by atoms with E-state index in [2.05, 4.69) is 20.4 Å². The maximum Gasteiger partial charge on any atom is 0.226 e. The smallest absolute Gasteiger partial charge is 0.226 e. The topological polar surface area (TPSA) is 72.7 Å². The molecule has 0 fully saturated rings. The predicted molar refractivity (Wildman–Crippen MR) is 77.6 cm³/mol. The molecule has 20 heavy (non-hydrogen) atoms. The number of amides is 1. The molecule has 2 aromatic heterocycles. The van der Waals surface area contributed by atoms with E-state index in [1.807, 2.05) is 25.1 Å². The summed E-state index contributed by atoms with van der Waals surface area (Å²) in [5, 5.41) is 7.86. The number of nitrogens with one attached hydrogen (secondary N) is 1. The maximum atomic E-state index is 11.9. The molecule has 0 saturated carbocycles. The van der Waals surface area contributed by atoms with Gasteiger partial charge in [-0.1, -0.05) is 0 Å². The van der Waals surface area contributed by atoms with Gasteiger partial charge < -0.3 is 5.32 Å². The van der Waals surface area contributed by atoms with E-state index < -0.39 is 0 Å². The average Bonchev–Trinajstić information content (AvgIpc) is 3.04. The van der Waals surface area contributed by atoms with Gasteiger partial charge in [0.05, 0.1) is 21.8 Å². The Hall–Kier alpha value is -2.28. The van der Waals surface area contributed by atoms with Gasteiger partial charge in [0.25, 0.3) is 0 Å². The van der Waals surface area contributed by atoms with Crippen LogP contribution < -0.4 is 5.32 Å². The molecule has 3 rings (SSSR count). The van der Waals surface area contributed by atoms with Crippen molar-refractivity contribution in [3.05, 3.63) is 35.9 Å². The highest BCUT2D eigenvalue weighted by molar-refractivity contribution is 7.18. The molecule has 0 bridgehead atoms. The van der Waals surface area contributed by atoms with E-state index in [1.54, 1.807) is 22.3 Å². The van der Waals surface area contributed by atoms with Gasteiger partial charge in [0.15, 0.2) is 0 Å². The van der Waals surface area contributed by atoms with Crippen LogP contribution in [0.2, 0.25) is 0 Å². The summed E-state index contributed by atoms with van der Waals surface area (Å²) in [7, 11) is 0. The highest BCUT2D eigenvalue weighted by atomic mass is 32.1. The monoisotopic (exact) mass is 287 g/mol. The summed E-state index contributed by atoms with van der Waals surface area (Å²) < 4.78 is 2.71. The maximum absolute atomic E-state index is 11.9. The molecule has 2 heterocycles. The summed E-state index contributed by atoms with van der Waals surface area (Å²) in [5.41, 5.74) is 1.76. The molecule has 0 aliphatic heterocycles. The van der Waals surface area contributed by atoms with Crippen LogP contribution in [-0.2, 0) is 11.3 Å². The number of fused-ring (bicyclic) bond motifs is 1. The molecule has 1 N–H and O–H groups in total. The fourth-order valence-corrected chi connectivity index (χ4v) is 2.77. The predicted octanol–water partition coefficient (Wildman–Crippen LogP) is 2.23. The average molecular weight is 287 g/mol. The zero-order valence-electron chi connectivity index (χ0n) is 10.9. The van der Waals surface area contributed by atoms with E-state index >= 15 is 0 Å². The lowest BCUT2D eigenvalue weighted by Crippen LogP contribution is -2.14. The van der Waals surface area contributed by atoms with Crippen molar-refractivity contribution in [3.63, 3.8) is 0 Å². The molecule has 102 valence electrons. The highest BCUT2D eigenvalue weighted by Gasteiger charge is 2.06. The van der Waals surface area contributed by atoms with Crippen LogP contribution in [0.25, 0.3) is 10.2 Å². The van der Waals surface area contributed by atoms with Gasteiger partial charge in [-0.2, -0.15) is 5.10 Å². The lowest BCUT2D eigenvalue weighted by Gasteiger charge is -2.05. The van der Waals surface area contributed by atoms with Crippen LogP contribution in [-0.4, -0.2) is 25.7 Å². The lowest BCUT2D eigenvalue weighted by atomic mass is 10.3. The van der Waals surface area contributed by atoms with Gasteiger partial charge >= 0.3 is 0 Å². The Morgan fingerprint density at radius 1 is 1.45 bits per heavy atom. The second-order valence-corrected chi connectivity index (χ2v) is 5.61. The largest absolute Gasteiger partial charge is 0.326 e. The molecule has 1 aromatic carbocycles. The third-order valence-electron chi connectivity index (χ3n) is 2.81. The molecule has 0 spiro atoms. The molecule has 0 radical (unpaired) electrons. The number of carbonyl (C=O) groups is 1. The Morgan fingerprint density at radius 3 is 3.15 bits per heavy atom. The van der Waals surface area contributed by atoms with E-state index in [-0.39, 0.29) is 5.91 Å². The molecule has 1 amide bonds. The molecule has 7 heteroatoms. The third-order valence-corrected chi connectivity index (χ3v) is 3.75. The van der Waals surface area contributed by atoms with Crippen molar-refractivity contribution in [1.29, 1.82) is 0 Å². The Balaban J connectivity index is 1.64. The number of anilines is 1. The fraction of sp³-hybridized carbons (Fsp3) is 0.231. The van der Waals surface area contributed by atoms with Crippen LogP contribution in [0.15, 0.2) is 30.9 Å². The van der Waals surface area contributed by atoms with E-state index in [0.717, 1.165) is 20.9 Å². The Bertz CT molecular complexity index is 734. The zero-order valence-corrected chi connectivity index (χ0v) is 11.7. The van der Waals surface area contributed by atoms with Crippen LogP contribution in [0.4, 0.5) is 5.69 Å². The molecule has 3 aromatic rings. The number of carbonyl (C=O) groups excluding carboxylic acids is 1. The molecule has 0 atom stereocenters. The van der Waals surface area contributed by atoms with Gasteiger partial charge in [-0.25, -0.2) is 9.97 Å². The highest BCUT2D eigenvalue weighted by Crippen LogP contribution is 2.24. The summed E-state index contributed by atoms with van der Waals surface area (Å²) in [6.07, 6.45) is 3.42. The first-order valence-electron chi connectivity index (χ1n) is 6.20. The SMILES string of the molecule is Cc1nc2ccc(NC(=O)CCn3cncn3)cc2s1. The van der Waals surface area contributed by atoms with Crippen molar-refractivity contribution in [1.82, 2.24) is 19.7 Å². The number of thiazole rings is 1. The zero-order chi connectivity index (χ0) is 13.9. The summed E-state index contributed by atoms with van der Waals surface area (Å²) in [4.78, 5) is 20.1. The molecular formula is C13H13N5OS. The normalized spacial score (nSPS) is 10.8. The van der Waals surface area contributed by atoms with Crippen molar-refractivity contribution in [3.8, 4) is 0 Å². The van der Waals surface area contributed by atoms with Gasteiger partial charge in [0.2, 0.25) is 5.91 Å². The number of rotatable bonds is 4. The summed E-state index contributed by atoms with van der Waals surface area (Å²) in [6, 6.07) is 5.74.